The SMILES string of the molecule is CC(=O)N[C@@H](C)c1ccc(C2CCN(c3ccnc(-c4ccc5c(c4)OCO5)n3)CC2)cc1. The van der Waals surface area contributed by atoms with E-state index in [1.807, 2.05) is 37.4 Å². The summed E-state index contributed by atoms with van der Waals surface area (Å²) < 4.78 is 10.9. The van der Waals surface area contributed by atoms with Gasteiger partial charge >= 0.3 is 0 Å². The van der Waals surface area contributed by atoms with Crippen LogP contribution >= 0.6 is 0 Å². The number of ether oxygens (including phenoxy) is 2. The number of nitrogens with zero attached hydrogens (tertiary/aromatic N) is 3. The van der Waals surface area contributed by atoms with E-state index >= 15 is 0 Å². The Morgan fingerprint density at radius 3 is 2.58 bits per heavy atom. The van der Waals surface area contributed by atoms with E-state index in [0.29, 0.717) is 11.7 Å². The van der Waals surface area contributed by atoms with Crippen LogP contribution in [0.2, 0.25) is 0 Å². The summed E-state index contributed by atoms with van der Waals surface area (Å²) in [6, 6.07) is 16.5. The second kappa shape index (κ2) is 9.10. The molecule has 1 fully saturated rings. The number of carbonyl (C=O) groups excluding carboxylic acids is 1. The lowest BCUT2D eigenvalue weighted by Crippen LogP contribution is -2.33. The van der Waals surface area contributed by atoms with E-state index in [9.17, 15) is 4.79 Å². The van der Waals surface area contributed by atoms with Gasteiger partial charge in [0.1, 0.15) is 5.82 Å². The summed E-state index contributed by atoms with van der Waals surface area (Å²) in [5, 5.41) is 2.94. The quantitative estimate of drug-likeness (QED) is 0.626. The fourth-order valence-electron chi connectivity index (χ4n) is 4.59. The normalized spacial score (nSPS) is 16.5. The molecule has 1 aromatic heterocycles. The number of hydrogen-bond donors (Lipinski definition) is 1. The maximum absolute atomic E-state index is 11.3. The lowest BCUT2D eigenvalue weighted by molar-refractivity contribution is -0.119. The molecule has 0 unspecified atom stereocenters. The molecule has 170 valence electrons. The van der Waals surface area contributed by atoms with Crippen molar-refractivity contribution in [3.63, 3.8) is 0 Å². The van der Waals surface area contributed by atoms with Crippen LogP contribution in [0.4, 0.5) is 5.82 Å². The zero-order chi connectivity index (χ0) is 22.8. The first-order valence-electron chi connectivity index (χ1n) is 11.4. The summed E-state index contributed by atoms with van der Waals surface area (Å²) in [6.07, 6.45) is 3.97. The summed E-state index contributed by atoms with van der Waals surface area (Å²) in [5.41, 5.74) is 3.41. The number of piperidine rings is 1. The number of amides is 1. The van der Waals surface area contributed by atoms with Crippen LogP contribution in [0, 0.1) is 0 Å². The topological polar surface area (TPSA) is 76.6 Å². The first kappa shape index (κ1) is 21.2. The molecule has 0 aliphatic carbocycles. The van der Waals surface area contributed by atoms with Gasteiger partial charge in [-0.2, -0.15) is 0 Å². The molecule has 0 radical (unpaired) electrons. The van der Waals surface area contributed by atoms with Gasteiger partial charge in [0, 0.05) is 31.8 Å². The van der Waals surface area contributed by atoms with Crippen molar-refractivity contribution in [3.05, 3.63) is 65.9 Å². The van der Waals surface area contributed by atoms with Crippen LogP contribution < -0.4 is 19.7 Å². The van der Waals surface area contributed by atoms with Crippen molar-refractivity contribution in [2.24, 2.45) is 0 Å². The van der Waals surface area contributed by atoms with Crippen LogP contribution in [0.1, 0.15) is 49.8 Å². The molecule has 7 heteroatoms. The molecule has 0 bridgehead atoms. The number of nitrogens with one attached hydrogen (secondary N) is 1. The molecule has 3 heterocycles. The average Bonchev–Trinajstić information content (AvgIpc) is 3.32. The van der Waals surface area contributed by atoms with Gasteiger partial charge in [-0.1, -0.05) is 24.3 Å². The molecule has 1 N–H and O–H groups in total. The van der Waals surface area contributed by atoms with Crippen LogP contribution in [0.25, 0.3) is 11.4 Å². The van der Waals surface area contributed by atoms with Gasteiger partial charge in [0.05, 0.1) is 6.04 Å². The molecule has 2 aliphatic rings. The van der Waals surface area contributed by atoms with Gasteiger partial charge in [0.25, 0.3) is 0 Å². The molecule has 2 aromatic carbocycles. The Morgan fingerprint density at radius 1 is 1.06 bits per heavy atom. The molecule has 7 nitrogen and oxygen atoms in total. The Hall–Kier alpha value is -3.61. The number of carbonyl (C=O) groups is 1. The summed E-state index contributed by atoms with van der Waals surface area (Å²) in [5.74, 6) is 3.66. The molecule has 1 atom stereocenters. The molecule has 1 saturated heterocycles. The summed E-state index contributed by atoms with van der Waals surface area (Å²) in [4.78, 5) is 22.9. The van der Waals surface area contributed by atoms with Gasteiger partial charge in [0.15, 0.2) is 17.3 Å². The summed E-state index contributed by atoms with van der Waals surface area (Å²) >= 11 is 0. The standard InChI is InChI=1S/C26H28N4O3/c1-17(28-18(2)31)19-3-5-20(6-4-19)21-10-13-30(14-11-21)25-9-12-27-26(29-25)22-7-8-23-24(15-22)33-16-32-23/h3-9,12,15,17,21H,10-11,13-14,16H2,1-2H3,(H,28,31)/t17-/m0/s1. The van der Waals surface area contributed by atoms with E-state index in [1.54, 1.807) is 6.92 Å². The van der Waals surface area contributed by atoms with Crippen LogP contribution in [-0.2, 0) is 4.79 Å². The average molecular weight is 445 g/mol. The fourth-order valence-corrected chi connectivity index (χ4v) is 4.59. The third-order valence-corrected chi connectivity index (χ3v) is 6.42. The highest BCUT2D eigenvalue weighted by Crippen LogP contribution is 2.36. The Balaban J connectivity index is 1.23. The molecular formula is C26H28N4O3. The third kappa shape index (κ3) is 4.62. The molecule has 0 spiro atoms. The Kier molecular flexibility index (Phi) is 5.86. The monoisotopic (exact) mass is 444 g/mol. The minimum absolute atomic E-state index is 0.00893. The number of anilines is 1. The maximum Gasteiger partial charge on any atom is 0.231 e. The molecule has 3 aromatic rings. The number of aromatic nitrogens is 2. The van der Waals surface area contributed by atoms with Crippen LogP contribution in [0.3, 0.4) is 0 Å². The Morgan fingerprint density at radius 2 is 1.82 bits per heavy atom. The molecule has 33 heavy (non-hydrogen) atoms. The summed E-state index contributed by atoms with van der Waals surface area (Å²) in [7, 11) is 0. The Labute approximate surface area is 193 Å². The Bertz CT molecular complexity index is 1140. The largest absolute Gasteiger partial charge is 0.454 e. The minimum atomic E-state index is -0.00893. The van der Waals surface area contributed by atoms with E-state index in [4.69, 9.17) is 14.5 Å². The number of benzene rings is 2. The smallest absolute Gasteiger partial charge is 0.231 e. The van der Waals surface area contributed by atoms with Gasteiger partial charge in [0.2, 0.25) is 12.7 Å². The lowest BCUT2D eigenvalue weighted by atomic mass is 9.88. The maximum atomic E-state index is 11.3. The first-order valence-corrected chi connectivity index (χ1v) is 11.4. The number of rotatable bonds is 5. The van der Waals surface area contributed by atoms with Gasteiger partial charge in [-0.15, -0.1) is 0 Å². The van der Waals surface area contributed by atoms with Crippen LogP contribution in [0.5, 0.6) is 11.5 Å². The zero-order valence-corrected chi connectivity index (χ0v) is 19.0. The molecule has 1 amide bonds. The lowest BCUT2D eigenvalue weighted by Gasteiger charge is -2.33. The second-order valence-electron chi connectivity index (χ2n) is 8.66. The van der Waals surface area contributed by atoms with Gasteiger partial charge in [-0.25, -0.2) is 9.97 Å². The summed E-state index contributed by atoms with van der Waals surface area (Å²) in [6.45, 7) is 5.72. The predicted molar refractivity (Wildman–Crippen MR) is 126 cm³/mol. The second-order valence-corrected chi connectivity index (χ2v) is 8.66. The fraction of sp³-hybridized carbons (Fsp3) is 0.346. The first-order chi connectivity index (χ1) is 16.1. The van der Waals surface area contributed by atoms with Crippen LogP contribution in [-0.4, -0.2) is 35.8 Å². The van der Waals surface area contributed by atoms with Gasteiger partial charge in [-0.05, 0) is 61.1 Å². The van der Waals surface area contributed by atoms with Crippen molar-refractivity contribution in [1.29, 1.82) is 0 Å². The molecule has 5 rings (SSSR count). The van der Waals surface area contributed by atoms with E-state index in [-0.39, 0.29) is 18.7 Å². The van der Waals surface area contributed by atoms with Crippen molar-refractivity contribution in [2.75, 3.05) is 24.8 Å². The van der Waals surface area contributed by atoms with Crippen molar-refractivity contribution in [1.82, 2.24) is 15.3 Å². The van der Waals surface area contributed by atoms with E-state index in [2.05, 4.69) is 39.5 Å². The van der Waals surface area contributed by atoms with Crippen molar-refractivity contribution < 1.29 is 14.3 Å². The predicted octanol–water partition coefficient (Wildman–Crippen LogP) is 4.45. The highest BCUT2D eigenvalue weighted by Gasteiger charge is 2.22. The van der Waals surface area contributed by atoms with E-state index in [0.717, 1.165) is 54.4 Å². The number of fused-ring (bicyclic) bond motifs is 1. The molecule has 2 aliphatic heterocycles. The third-order valence-electron chi connectivity index (χ3n) is 6.42. The molecular weight excluding hydrogens is 416 g/mol. The van der Waals surface area contributed by atoms with Crippen molar-refractivity contribution in [2.45, 2.75) is 38.6 Å². The number of hydrogen-bond acceptors (Lipinski definition) is 6. The van der Waals surface area contributed by atoms with Gasteiger partial charge < -0.3 is 19.7 Å². The van der Waals surface area contributed by atoms with E-state index < -0.39 is 0 Å². The molecule has 0 saturated carbocycles. The van der Waals surface area contributed by atoms with Crippen molar-refractivity contribution >= 4 is 11.7 Å². The highest BCUT2D eigenvalue weighted by molar-refractivity contribution is 5.73. The zero-order valence-electron chi connectivity index (χ0n) is 19.0. The van der Waals surface area contributed by atoms with Gasteiger partial charge in [-0.3, -0.25) is 4.79 Å². The van der Waals surface area contributed by atoms with Crippen LogP contribution in [0.15, 0.2) is 54.7 Å². The van der Waals surface area contributed by atoms with Crippen molar-refractivity contribution in [3.8, 4) is 22.9 Å². The highest BCUT2D eigenvalue weighted by atomic mass is 16.7. The van der Waals surface area contributed by atoms with E-state index in [1.165, 1.54) is 5.56 Å². The minimum Gasteiger partial charge on any atom is -0.454 e.